The summed E-state index contributed by atoms with van der Waals surface area (Å²) in [5.41, 5.74) is 3.77. The van der Waals surface area contributed by atoms with Gasteiger partial charge in [0.25, 0.3) is 5.91 Å². The van der Waals surface area contributed by atoms with Crippen LogP contribution in [-0.4, -0.2) is 35.5 Å². The Morgan fingerprint density at radius 2 is 1.88 bits per heavy atom. The summed E-state index contributed by atoms with van der Waals surface area (Å²) in [4.78, 5) is 33.1. The molecule has 164 valence electrons. The highest BCUT2D eigenvalue weighted by Gasteiger charge is 2.22. The van der Waals surface area contributed by atoms with Gasteiger partial charge in [-0.3, -0.25) is 9.78 Å². The van der Waals surface area contributed by atoms with Crippen LogP contribution in [0.15, 0.2) is 60.9 Å². The van der Waals surface area contributed by atoms with Crippen molar-refractivity contribution < 1.29 is 9.59 Å². The molecular formula is C24H26N6O2. The molecule has 0 atom stereocenters. The zero-order chi connectivity index (χ0) is 22.3. The van der Waals surface area contributed by atoms with Gasteiger partial charge < -0.3 is 21.3 Å². The fourth-order valence-corrected chi connectivity index (χ4v) is 3.22. The standard InChI is InChI=1S/C24H26N6O2/c1-25-23(31)20-10-11-21(30-22(20)27-14-16-4-5-16)18-6-8-19(9-7-18)29-24(32)28-15-17-3-2-12-26-13-17/h2-3,6-13,16H,4-5,14-15H2,1H3,(H,25,31)(H,27,30)(H2,28,29,32). The van der Waals surface area contributed by atoms with E-state index in [1.165, 1.54) is 12.8 Å². The molecule has 32 heavy (non-hydrogen) atoms. The van der Waals surface area contributed by atoms with E-state index in [1.54, 1.807) is 25.5 Å². The first kappa shape index (κ1) is 21.3. The Labute approximate surface area is 186 Å². The predicted molar refractivity (Wildman–Crippen MR) is 124 cm³/mol. The minimum absolute atomic E-state index is 0.167. The lowest BCUT2D eigenvalue weighted by molar-refractivity contribution is 0.0963. The van der Waals surface area contributed by atoms with Crippen LogP contribution in [0.5, 0.6) is 0 Å². The van der Waals surface area contributed by atoms with Crippen LogP contribution in [0.3, 0.4) is 0 Å². The summed E-state index contributed by atoms with van der Waals surface area (Å²) >= 11 is 0. The van der Waals surface area contributed by atoms with Gasteiger partial charge in [0.1, 0.15) is 5.82 Å². The zero-order valence-corrected chi connectivity index (χ0v) is 17.9. The first-order valence-corrected chi connectivity index (χ1v) is 10.6. The van der Waals surface area contributed by atoms with E-state index >= 15 is 0 Å². The second kappa shape index (κ2) is 9.91. The van der Waals surface area contributed by atoms with Gasteiger partial charge in [0, 0.05) is 43.8 Å². The number of amides is 3. The maximum atomic E-state index is 12.2. The first-order chi connectivity index (χ1) is 15.6. The summed E-state index contributed by atoms with van der Waals surface area (Å²) < 4.78 is 0. The van der Waals surface area contributed by atoms with E-state index in [-0.39, 0.29) is 11.9 Å². The van der Waals surface area contributed by atoms with Crippen molar-refractivity contribution in [3.8, 4) is 11.3 Å². The number of hydrogen-bond donors (Lipinski definition) is 4. The molecule has 1 aliphatic rings. The molecule has 8 nitrogen and oxygen atoms in total. The topological polar surface area (TPSA) is 108 Å². The minimum Gasteiger partial charge on any atom is -0.369 e. The van der Waals surface area contributed by atoms with E-state index in [0.717, 1.165) is 23.4 Å². The molecule has 1 fully saturated rings. The van der Waals surface area contributed by atoms with Gasteiger partial charge in [-0.1, -0.05) is 18.2 Å². The number of nitrogens with zero attached hydrogens (tertiary/aromatic N) is 2. The molecule has 1 saturated carbocycles. The average molecular weight is 431 g/mol. The van der Waals surface area contributed by atoms with Gasteiger partial charge in [0.2, 0.25) is 0 Å². The molecule has 3 aromatic rings. The van der Waals surface area contributed by atoms with E-state index < -0.39 is 0 Å². The molecule has 1 aliphatic carbocycles. The van der Waals surface area contributed by atoms with Gasteiger partial charge in [-0.2, -0.15) is 0 Å². The highest BCUT2D eigenvalue weighted by molar-refractivity contribution is 5.99. The number of urea groups is 1. The zero-order valence-electron chi connectivity index (χ0n) is 17.9. The number of carbonyl (C=O) groups is 2. The second-order valence-corrected chi connectivity index (χ2v) is 7.74. The molecule has 8 heteroatoms. The summed E-state index contributed by atoms with van der Waals surface area (Å²) in [7, 11) is 1.61. The number of benzene rings is 1. The van der Waals surface area contributed by atoms with Gasteiger partial charge in [-0.15, -0.1) is 0 Å². The third-order valence-electron chi connectivity index (χ3n) is 5.24. The van der Waals surface area contributed by atoms with Gasteiger partial charge in [-0.25, -0.2) is 9.78 Å². The number of aromatic nitrogens is 2. The molecule has 1 aromatic carbocycles. The largest absolute Gasteiger partial charge is 0.369 e. The fraction of sp³-hybridized carbons (Fsp3) is 0.250. The fourth-order valence-electron chi connectivity index (χ4n) is 3.22. The summed E-state index contributed by atoms with van der Waals surface area (Å²) in [5, 5.41) is 11.6. The second-order valence-electron chi connectivity index (χ2n) is 7.74. The molecular weight excluding hydrogens is 404 g/mol. The van der Waals surface area contributed by atoms with Gasteiger partial charge in [-0.05, 0) is 54.7 Å². The van der Waals surface area contributed by atoms with Crippen LogP contribution in [-0.2, 0) is 6.54 Å². The molecule has 4 rings (SSSR count). The smallest absolute Gasteiger partial charge is 0.319 e. The Balaban J connectivity index is 1.41. The Morgan fingerprint density at radius 3 is 2.56 bits per heavy atom. The molecule has 0 bridgehead atoms. The van der Waals surface area contributed by atoms with Crippen LogP contribution in [0.25, 0.3) is 11.3 Å². The van der Waals surface area contributed by atoms with E-state index in [2.05, 4.69) is 31.2 Å². The molecule has 4 N–H and O–H groups in total. The molecule has 0 aliphatic heterocycles. The Hall–Kier alpha value is -3.94. The van der Waals surface area contributed by atoms with Gasteiger partial charge in [0.15, 0.2) is 0 Å². The van der Waals surface area contributed by atoms with Crippen LogP contribution >= 0.6 is 0 Å². The summed E-state index contributed by atoms with van der Waals surface area (Å²) in [6, 6.07) is 14.5. The Bertz CT molecular complexity index is 1080. The monoisotopic (exact) mass is 430 g/mol. The van der Waals surface area contributed by atoms with Crippen LogP contribution < -0.4 is 21.3 Å². The van der Waals surface area contributed by atoms with Crippen molar-refractivity contribution in [3.63, 3.8) is 0 Å². The molecule has 0 unspecified atom stereocenters. The third kappa shape index (κ3) is 5.60. The Morgan fingerprint density at radius 1 is 1.06 bits per heavy atom. The van der Waals surface area contributed by atoms with Gasteiger partial charge >= 0.3 is 6.03 Å². The van der Waals surface area contributed by atoms with Crippen molar-refractivity contribution in [2.75, 3.05) is 24.2 Å². The van der Waals surface area contributed by atoms with E-state index in [9.17, 15) is 9.59 Å². The van der Waals surface area contributed by atoms with E-state index in [1.807, 2.05) is 42.5 Å². The van der Waals surface area contributed by atoms with Crippen molar-refractivity contribution in [2.45, 2.75) is 19.4 Å². The first-order valence-electron chi connectivity index (χ1n) is 10.6. The van der Waals surface area contributed by atoms with Crippen molar-refractivity contribution in [3.05, 3.63) is 72.1 Å². The lowest BCUT2D eigenvalue weighted by Crippen LogP contribution is -2.28. The summed E-state index contributed by atoms with van der Waals surface area (Å²) in [6.07, 6.45) is 5.84. The maximum absolute atomic E-state index is 12.2. The average Bonchev–Trinajstić information content (AvgIpc) is 3.66. The van der Waals surface area contributed by atoms with Crippen LogP contribution in [0.4, 0.5) is 16.3 Å². The number of rotatable bonds is 8. The molecule has 0 saturated heterocycles. The van der Waals surface area contributed by atoms with Crippen LogP contribution in [0.2, 0.25) is 0 Å². The number of pyridine rings is 2. The molecule has 0 spiro atoms. The Kier molecular flexibility index (Phi) is 6.60. The number of carbonyl (C=O) groups excluding carboxylic acids is 2. The molecule has 3 amide bonds. The lowest BCUT2D eigenvalue weighted by atomic mass is 10.1. The molecule has 0 radical (unpaired) electrons. The minimum atomic E-state index is -0.291. The van der Waals surface area contributed by atoms with Gasteiger partial charge in [0.05, 0.1) is 11.3 Å². The van der Waals surface area contributed by atoms with Crippen LogP contribution in [0.1, 0.15) is 28.8 Å². The van der Waals surface area contributed by atoms with Crippen molar-refractivity contribution >= 4 is 23.4 Å². The number of nitrogens with one attached hydrogen (secondary N) is 4. The van der Waals surface area contributed by atoms with E-state index in [0.29, 0.717) is 29.5 Å². The van der Waals surface area contributed by atoms with Crippen molar-refractivity contribution in [1.82, 2.24) is 20.6 Å². The van der Waals surface area contributed by atoms with Crippen molar-refractivity contribution in [2.24, 2.45) is 5.92 Å². The number of hydrogen-bond acceptors (Lipinski definition) is 5. The number of anilines is 2. The highest BCUT2D eigenvalue weighted by atomic mass is 16.2. The van der Waals surface area contributed by atoms with E-state index in [4.69, 9.17) is 0 Å². The lowest BCUT2D eigenvalue weighted by Gasteiger charge is -2.12. The molecule has 2 aromatic heterocycles. The van der Waals surface area contributed by atoms with Crippen molar-refractivity contribution in [1.29, 1.82) is 0 Å². The summed E-state index contributed by atoms with van der Waals surface area (Å²) in [5.74, 6) is 1.08. The summed E-state index contributed by atoms with van der Waals surface area (Å²) in [6.45, 7) is 1.22. The van der Waals surface area contributed by atoms with Crippen LogP contribution in [0, 0.1) is 5.92 Å². The quantitative estimate of drug-likeness (QED) is 0.436. The molecule has 2 heterocycles. The normalized spacial score (nSPS) is 12.7. The third-order valence-corrected chi connectivity index (χ3v) is 5.24. The highest BCUT2D eigenvalue weighted by Crippen LogP contribution is 2.30. The maximum Gasteiger partial charge on any atom is 0.319 e. The predicted octanol–water partition coefficient (Wildman–Crippen LogP) is 3.65. The SMILES string of the molecule is CNC(=O)c1ccc(-c2ccc(NC(=O)NCc3cccnc3)cc2)nc1NCC1CC1.